The molecule has 0 amide bonds. The van der Waals surface area contributed by atoms with Crippen LogP contribution in [0.4, 0.5) is 26.3 Å². The Morgan fingerprint density at radius 3 is 2.17 bits per heavy atom. The average Bonchev–Trinajstić information content (AvgIpc) is 2.44. The molecule has 0 atom stereocenters. The maximum Gasteiger partial charge on any atom is 0.433 e. The van der Waals surface area contributed by atoms with Gasteiger partial charge in [-0.3, -0.25) is 0 Å². The lowest BCUT2D eigenvalue weighted by Gasteiger charge is -2.23. The Morgan fingerprint density at radius 2 is 1.67 bits per heavy atom. The Balaban J connectivity index is 2.84. The third kappa shape index (κ3) is 3.55. The van der Waals surface area contributed by atoms with Crippen molar-refractivity contribution < 1.29 is 31.1 Å². The van der Waals surface area contributed by atoms with Gasteiger partial charge in [-0.25, -0.2) is 4.98 Å². The van der Waals surface area contributed by atoms with Crippen molar-refractivity contribution in [3.8, 4) is 18.1 Å². The molecule has 1 aromatic heterocycles. The first-order valence-corrected chi connectivity index (χ1v) is 6.60. The third-order valence-corrected chi connectivity index (χ3v) is 3.11. The second kappa shape index (κ2) is 5.58. The van der Waals surface area contributed by atoms with Gasteiger partial charge in [-0.1, -0.05) is 12.0 Å². The van der Waals surface area contributed by atoms with Crippen molar-refractivity contribution in [2.24, 2.45) is 0 Å². The van der Waals surface area contributed by atoms with Crippen LogP contribution in [-0.2, 0) is 12.4 Å². The summed E-state index contributed by atoms with van der Waals surface area (Å²) in [6.07, 6.45) is -4.58. The smallest absolute Gasteiger partial charge is 0.433 e. The van der Waals surface area contributed by atoms with E-state index in [2.05, 4.69) is 10.9 Å². The number of hydrogen-bond donors (Lipinski definition) is 0. The zero-order valence-corrected chi connectivity index (χ0v) is 12.5. The number of rotatable bonds is 2. The van der Waals surface area contributed by atoms with Crippen LogP contribution in [0.2, 0.25) is 0 Å². The first-order valence-electron chi connectivity index (χ1n) is 6.60. The number of halogens is 6. The van der Waals surface area contributed by atoms with Crippen molar-refractivity contribution in [2.45, 2.75) is 31.8 Å². The molecule has 2 rings (SSSR count). The summed E-state index contributed by atoms with van der Waals surface area (Å²) in [6.45, 7) is 2.81. The van der Waals surface area contributed by atoms with Gasteiger partial charge in [-0.05, 0) is 26.0 Å². The molecule has 0 aliphatic heterocycles. The van der Waals surface area contributed by atoms with Crippen molar-refractivity contribution in [3.63, 3.8) is 0 Å². The number of ether oxygens (including phenoxy) is 1. The first kappa shape index (κ1) is 17.9. The molecule has 0 saturated carbocycles. The van der Waals surface area contributed by atoms with Gasteiger partial charge in [0.15, 0.2) is 5.60 Å². The molecule has 0 fully saturated rings. The van der Waals surface area contributed by atoms with E-state index in [0.717, 1.165) is 6.07 Å². The number of terminal acetylenes is 1. The van der Waals surface area contributed by atoms with E-state index in [4.69, 9.17) is 11.2 Å². The quantitative estimate of drug-likeness (QED) is 0.559. The molecule has 0 aliphatic rings. The fourth-order valence-electron chi connectivity index (χ4n) is 1.98. The molecule has 0 aliphatic carbocycles. The van der Waals surface area contributed by atoms with Gasteiger partial charge in [-0.2, -0.15) is 26.3 Å². The molecular weight excluding hydrogens is 336 g/mol. The van der Waals surface area contributed by atoms with Gasteiger partial charge in [0.2, 0.25) is 0 Å². The molecule has 0 saturated heterocycles. The van der Waals surface area contributed by atoms with Crippen LogP contribution in [0.25, 0.3) is 10.9 Å². The normalized spacial score (nSPS) is 13.0. The monoisotopic (exact) mass is 347 g/mol. The Bertz CT molecular complexity index is 814. The number of fused-ring (bicyclic) bond motifs is 1. The van der Waals surface area contributed by atoms with Gasteiger partial charge in [0, 0.05) is 11.5 Å². The topological polar surface area (TPSA) is 22.1 Å². The van der Waals surface area contributed by atoms with E-state index in [1.54, 1.807) is 0 Å². The van der Waals surface area contributed by atoms with Gasteiger partial charge in [0.1, 0.15) is 11.4 Å². The van der Waals surface area contributed by atoms with Crippen LogP contribution in [0.1, 0.15) is 25.1 Å². The molecule has 1 heterocycles. The van der Waals surface area contributed by atoms with Crippen molar-refractivity contribution in [3.05, 3.63) is 35.5 Å². The largest absolute Gasteiger partial charge is 0.474 e. The molecule has 0 spiro atoms. The summed E-state index contributed by atoms with van der Waals surface area (Å²) in [5, 5.41) is -0.207. The number of benzene rings is 1. The minimum atomic E-state index is -4.94. The highest BCUT2D eigenvalue weighted by Crippen LogP contribution is 2.40. The molecule has 128 valence electrons. The van der Waals surface area contributed by atoms with E-state index >= 15 is 0 Å². The molecule has 8 heteroatoms. The highest BCUT2D eigenvalue weighted by atomic mass is 19.4. The number of hydrogen-bond acceptors (Lipinski definition) is 2. The maximum absolute atomic E-state index is 13.1. The van der Waals surface area contributed by atoms with Crippen molar-refractivity contribution >= 4 is 10.9 Å². The van der Waals surface area contributed by atoms with Crippen LogP contribution in [0.3, 0.4) is 0 Å². The molecule has 0 N–H and O–H groups in total. The van der Waals surface area contributed by atoms with Gasteiger partial charge in [0.05, 0.1) is 11.1 Å². The summed E-state index contributed by atoms with van der Waals surface area (Å²) in [4.78, 5) is 3.15. The molecule has 2 nitrogen and oxygen atoms in total. The maximum atomic E-state index is 13.1. The van der Waals surface area contributed by atoms with Crippen molar-refractivity contribution in [1.82, 2.24) is 4.98 Å². The molecule has 0 bridgehead atoms. The van der Waals surface area contributed by atoms with Crippen LogP contribution < -0.4 is 4.74 Å². The minimum Gasteiger partial charge on any atom is -0.474 e. The number of para-hydroxylation sites is 1. The second-order valence-corrected chi connectivity index (χ2v) is 5.46. The highest BCUT2D eigenvalue weighted by Gasteiger charge is 2.38. The SMILES string of the molecule is C#CC(C)(C)Oc1cc(C(F)(F)F)nc2c(C(F)(F)F)cccc12. The summed E-state index contributed by atoms with van der Waals surface area (Å²) in [6, 6.07) is 3.46. The van der Waals surface area contributed by atoms with E-state index in [1.165, 1.54) is 19.9 Å². The molecule has 0 unspecified atom stereocenters. The van der Waals surface area contributed by atoms with E-state index in [1.807, 2.05) is 0 Å². The van der Waals surface area contributed by atoms with Crippen molar-refractivity contribution in [2.75, 3.05) is 0 Å². The highest BCUT2D eigenvalue weighted by molar-refractivity contribution is 5.88. The molecule has 1 aromatic carbocycles. The number of alkyl halides is 6. The summed E-state index contributed by atoms with van der Waals surface area (Å²) in [5.41, 5.74) is -4.93. The van der Waals surface area contributed by atoms with Crippen LogP contribution in [0, 0.1) is 12.3 Å². The standard InChI is InChI=1S/C16H11F6NO/c1-4-14(2,3)24-11-8-12(16(20,21)22)23-13-9(11)6-5-7-10(13)15(17,18)19/h1,5-8H,2-3H3. The predicted molar refractivity (Wildman–Crippen MR) is 75.3 cm³/mol. The van der Waals surface area contributed by atoms with E-state index in [0.29, 0.717) is 12.1 Å². The van der Waals surface area contributed by atoms with E-state index < -0.39 is 40.5 Å². The summed E-state index contributed by atoms with van der Waals surface area (Å²) in [7, 11) is 0. The summed E-state index contributed by atoms with van der Waals surface area (Å²) in [5.74, 6) is 1.80. The lowest BCUT2D eigenvalue weighted by Crippen LogP contribution is -2.26. The Morgan fingerprint density at radius 1 is 1.04 bits per heavy atom. The lowest BCUT2D eigenvalue weighted by atomic mass is 10.1. The third-order valence-electron chi connectivity index (χ3n) is 3.11. The number of pyridine rings is 1. The van der Waals surface area contributed by atoms with E-state index in [-0.39, 0.29) is 5.39 Å². The Hall–Kier alpha value is -2.43. The van der Waals surface area contributed by atoms with Crippen LogP contribution >= 0.6 is 0 Å². The Kier molecular flexibility index (Phi) is 4.17. The fourth-order valence-corrected chi connectivity index (χ4v) is 1.98. The van der Waals surface area contributed by atoms with Gasteiger partial charge < -0.3 is 4.74 Å². The van der Waals surface area contributed by atoms with Gasteiger partial charge >= 0.3 is 12.4 Å². The van der Waals surface area contributed by atoms with Crippen LogP contribution in [-0.4, -0.2) is 10.6 Å². The minimum absolute atomic E-state index is 0.207. The van der Waals surface area contributed by atoms with Crippen LogP contribution in [0.15, 0.2) is 24.3 Å². The summed E-state index contributed by atoms with van der Waals surface area (Å²) >= 11 is 0. The fraction of sp³-hybridized carbons (Fsp3) is 0.312. The van der Waals surface area contributed by atoms with Crippen LogP contribution in [0.5, 0.6) is 5.75 Å². The molecule has 2 aromatic rings. The summed E-state index contributed by atoms with van der Waals surface area (Å²) < 4.78 is 83.6. The van der Waals surface area contributed by atoms with E-state index in [9.17, 15) is 26.3 Å². The van der Waals surface area contributed by atoms with Gasteiger partial charge in [-0.15, -0.1) is 6.42 Å². The molecule has 24 heavy (non-hydrogen) atoms. The predicted octanol–water partition coefficient (Wildman–Crippen LogP) is 5.06. The van der Waals surface area contributed by atoms with Gasteiger partial charge in [0.25, 0.3) is 0 Å². The first-order chi connectivity index (χ1) is 10.8. The molecular formula is C16H11F6NO. The second-order valence-electron chi connectivity index (χ2n) is 5.46. The zero-order chi connectivity index (χ0) is 18.3. The van der Waals surface area contributed by atoms with Crippen molar-refractivity contribution in [1.29, 1.82) is 0 Å². The Labute approximate surface area is 133 Å². The zero-order valence-electron chi connectivity index (χ0n) is 12.5. The lowest BCUT2D eigenvalue weighted by molar-refractivity contribution is -0.142. The average molecular weight is 347 g/mol. The number of nitrogens with zero attached hydrogens (tertiary/aromatic N) is 1. The number of aromatic nitrogens is 1. The molecule has 0 radical (unpaired) electrons.